The topological polar surface area (TPSA) is 9.23 Å². The molecule has 1 unspecified atom stereocenters. The number of ether oxygens (including phenoxy) is 1. The summed E-state index contributed by atoms with van der Waals surface area (Å²) in [4.78, 5) is 0. The Bertz CT molecular complexity index is 290. The molecule has 1 atom stereocenters. The Morgan fingerprint density at radius 1 is 1.27 bits per heavy atom. The van der Waals surface area contributed by atoms with Gasteiger partial charge in [-0.1, -0.05) is 41.9 Å². The monoisotopic (exact) mass is 238 g/mol. The summed E-state index contributed by atoms with van der Waals surface area (Å²) in [7, 11) is 0. The molecule has 1 rings (SSSR count). The number of halogens is 4. The molecule has 0 aliphatic rings. The minimum absolute atomic E-state index is 0.274. The second-order valence-corrected chi connectivity index (χ2v) is 3.33. The standard InChI is InChI=1S/C10H10ClF3O/c11-9(12)10(13,14)15-7-6-8-4-2-1-3-5-8/h1-5,9H,6-7H2. The summed E-state index contributed by atoms with van der Waals surface area (Å²) in [5.74, 6) is 0. The van der Waals surface area contributed by atoms with Gasteiger partial charge in [0.15, 0.2) is 0 Å². The molecule has 0 radical (unpaired) electrons. The lowest BCUT2D eigenvalue weighted by Crippen LogP contribution is -2.30. The highest BCUT2D eigenvalue weighted by Gasteiger charge is 2.40. The lowest BCUT2D eigenvalue weighted by molar-refractivity contribution is -0.255. The fraction of sp³-hybridized carbons (Fsp3) is 0.400. The van der Waals surface area contributed by atoms with Gasteiger partial charge in [0, 0.05) is 0 Å². The maximum absolute atomic E-state index is 12.5. The summed E-state index contributed by atoms with van der Waals surface area (Å²) in [5, 5.41) is 0. The number of alkyl halides is 4. The van der Waals surface area contributed by atoms with Gasteiger partial charge in [-0.2, -0.15) is 8.78 Å². The summed E-state index contributed by atoms with van der Waals surface area (Å²) in [6.07, 6.45) is -3.63. The number of benzene rings is 1. The predicted octanol–water partition coefficient (Wildman–Crippen LogP) is 3.37. The van der Waals surface area contributed by atoms with Gasteiger partial charge in [-0.05, 0) is 12.0 Å². The Balaban J connectivity index is 2.34. The van der Waals surface area contributed by atoms with E-state index < -0.39 is 11.7 Å². The van der Waals surface area contributed by atoms with Gasteiger partial charge in [0.2, 0.25) is 0 Å². The highest BCUT2D eigenvalue weighted by molar-refractivity contribution is 6.20. The Morgan fingerprint density at radius 3 is 2.40 bits per heavy atom. The fourth-order valence-corrected chi connectivity index (χ4v) is 1.08. The number of hydrogen-bond acceptors (Lipinski definition) is 1. The summed E-state index contributed by atoms with van der Waals surface area (Å²) >= 11 is 4.61. The first kappa shape index (κ1) is 12.3. The van der Waals surface area contributed by atoms with E-state index in [0.29, 0.717) is 6.42 Å². The largest absolute Gasteiger partial charge is 0.400 e. The second kappa shape index (κ2) is 5.37. The molecule has 0 aliphatic carbocycles. The molecule has 0 bridgehead atoms. The molecule has 0 saturated carbocycles. The highest BCUT2D eigenvalue weighted by atomic mass is 35.5. The third-order valence-corrected chi connectivity index (χ3v) is 2.04. The van der Waals surface area contributed by atoms with E-state index in [1.54, 1.807) is 24.3 Å². The van der Waals surface area contributed by atoms with Gasteiger partial charge in [-0.3, -0.25) is 0 Å². The lowest BCUT2D eigenvalue weighted by Gasteiger charge is -2.16. The molecule has 15 heavy (non-hydrogen) atoms. The van der Waals surface area contributed by atoms with E-state index >= 15 is 0 Å². The first-order chi connectivity index (χ1) is 7.02. The Labute approximate surface area is 90.8 Å². The summed E-state index contributed by atoms with van der Waals surface area (Å²) in [6.45, 7) is -0.274. The van der Waals surface area contributed by atoms with Gasteiger partial charge in [0.05, 0.1) is 6.61 Å². The molecular weight excluding hydrogens is 229 g/mol. The zero-order valence-electron chi connectivity index (χ0n) is 7.80. The van der Waals surface area contributed by atoms with Crippen molar-refractivity contribution >= 4 is 11.6 Å². The predicted molar refractivity (Wildman–Crippen MR) is 51.8 cm³/mol. The van der Waals surface area contributed by atoms with Crippen molar-refractivity contribution in [2.75, 3.05) is 6.61 Å². The third kappa shape index (κ3) is 4.10. The van der Waals surface area contributed by atoms with Crippen LogP contribution in [0.5, 0.6) is 0 Å². The molecular formula is C10H10ClF3O. The van der Waals surface area contributed by atoms with Crippen molar-refractivity contribution in [1.29, 1.82) is 0 Å². The summed E-state index contributed by atoms with van der Waals surface area (Å²) in [6, 6.07) is 8.93. The van der Waals surface area contributed by atoms with Crippen LogP contribution in [0.2, 0.25) is 0 Å². The van der Waals surface area contributed by atoms with Crippen molar-refractivity contribution in [3.05, 3.63) is 35.9 Å². The molecule has 0 amide bonds. The van der Waals surface area contributed by atoms with Crippen molar-refractivity contribution < 1.29 is 17.9 Å². The van der Waals surface area contributed by atoms with Crippen molar-refractivity contribution in [2.45, 2.75) is 18.2 Å². The molecule has 1 aromatic carbocycles. The van der Waals surface area contributed by atoms with Crippen LogP contribution in [-0.2, 0) is 11.2 Å². The van der Waals surface area contributed by atoms with Crippen LogP contribution >= 0.6 is 11.6 Å². The molecule has 0 heterocycles. The fourth-order valence-electron chi connectivity index (χ4n) is 1.01. The molecule has 0 aromatic heterocycles. The van der Waals surface area contributed by atoms with Crippen molar-refractivity contribution in [3.63, 3.8) is 0 Å². The summed E-state index contributed by atoms with van der Waals surface area (Å²) in [5.41, 5.74) is -1.97. The summed E-state index contributed by atoms with van der Waals surface area (Å²) < 4.78 is 41.2. The zero-order chi connectivity index (χ0) is 11.3. The van der Waals surface area contributed by atoms with Crippen LogP contribution < -0.4 is 0 Å². The van der Waals surface area contributed by atoms with E-state index in [-0.39, 0.29) is 6.61 Å². The minimum Gasteiger partial charge on any atom is -0.317 e. The number of rotatable bonds is 5. The lowest BCUT2D eigenvalue weighted by atomic mass is 10.2. The van der Waals surface area contributed by atoms with Crippen LogP contribution in [0.3, 0.4) is 0 Å². The molecule has 0 fully saturated rings. The second-order valence-electron chi connectivity index (χ2n) is 2.95. The number of hydrogen-bond donors (Lipinski definition) is 0. The van der Waals surface area contributed by atoms with Crippen LogP contribution in [0.15, 0.2) is 30.3 Å². The third-order valence-electron chi connectivity index (χ3n) is 1.78. The molecule has 0 aliphatic heterocycles. The molecule has 0 spiro atoms. The van der Waals surface area contributed by atoms with Gasteiger partial charge in [0.1, 0.15) is 0 Å². The molecule has 1 nitrogen and oxygen atoms in total. The maximum atomic E-state index is 12.5. The van der Waals surface area contributed by atoms with Crippen molar-refractivity contribution in [3.8, 4) is 0 Å². The van der Waals surface area contributed by atoms with E-state index in [4.69, 9.17) is 0 Å². The van der Waals surface area contributed by atoms with Crippen LogP contribution in [0, 0.1) is 0 Å². The smallest absolute Gasteiger partial charge is 0.317 e. The quantitative estimate of drug-likeness (QED) is 0.715. The highest BCUT2D eigenvalue weighted by Crippen LogP contribution is 2.25. The Kier molecular flexibility index (Phi) is 4.42. The van der Waals surface area contributed by atoms with Gasteiger partial charge in [-0.25, -0.2) is 4.39 Å². The average Bonchev–Trinajstić information content (AvgIpc) is 2.19. The maximum Gasteiger partial charge on any atom is 0.400 e. The van der Waals surface area contributed by atoms with Crippen LogP contribution in [0.4, 0.5) is 13.2 Å². The van der Waals surface area contributed by atoms with E-state index in [9.17, 15) is 13.2 Å². The molecule has 84 valence electrons. The van der Waals surface area contributed by atoms with Gasteiger partial charge >= 0.3 is 6.11 Å². The van der Waals surface area contributed by atoms with E-state index in [0.717, 1.165) is 5.56 Å². The average molecular weight is 239 g/mol. The normalized spacial score (nSPS) is 13.9. The minimum atomic E-state index is -3.92. The van der Waals surface area contributed by atoms with Crippen LogP contribution in [0.25, 0.3) is 0 Å². The Morgan fingerprint density at radius 2 is 1.87 bits per heavy atom. The van der Waals surface area contributed by atoms with Crippen LogP contribution in [-0.4, -0.2) is 18.3 Å². The van der Waals surface area contributed by atoms with Gasteiger partial charge in [0.25, 0.3) is 5.63 Å². The van der Waals surface area contributed by atoms with Gasteiger partial charge < -0.3 is 4.74 Å². The van der Waals surface area contributed by atoms with E-state index in [1.165, 1.54) is 0 Å². The van der Waals surface area contributed by atoms with Crippen molar-refractivity contribution in [1.82, 2.24) is 0 Å². The van der Waals surface area contributed by atoms with Crippen LogP contribution in [0.1, 0.15) is 5.56 Å². The molecule has 5 heteroatoms. The van der Waals surface area contributed by atoms with Crippen molar-refractivity contribution in [2.24, 2.45) is 0 Å². The first-order valence-corrected chi connectivity index (χ1v) is 4.80. The van der Waals surface area contributed by atoms with Gasteiger partial charge in [-0.15, -0.1) is 0 Å². The molecule has 0 saturated heterocycles. The molecule has 1 aromatic rings. The SMILES string of the molecule is FC(Cl)C(F)(F)OCCc1ccccc1. The zero-order valence-corrected chi connectivity index (χ0v) is 8.55. The van der Waals surface area contributed by atoms with E-state index in [2.05, 4.69) is 16.3 Å². The first-order valence-electron chi connectivity index (χ1n) is 4.36. The Hall–Kier alpha value is -0.740. The molecule has 0 N–H and O–H groups in total. The van der Waals surface area contributed by atoms with E-state index in [1.807, 2.05) is 6.07 Å².